The normalized spacial score (nSPS) is 27.6. The number of esters is 1. The number of hydrogen-bond donors (Lipinski definition) is 0. The van der Waals surface area contributed by atoms with Gasteiger partial charge in [-0.05, 0) is 27.7 Å². The lowest BCUT2D eigenvalue weighted by molar-refractivity contribution is -0.342. The minimum Gasteiger partial charge on any atom is -0.465 e. The number of rotatable bonds is 4. The van der Waals surface area contributed by atoms with Gasteiger partial charge >= 0.3 is 5.97 Å². The smallest absolute Gasteiger partial charge is 0.302 e. The Balaban J connectivity index is 2.11. The Morgan fingerprint density at radius 2 is 1.62 bits per heavy atom. The topological polar surface area (TPSA) is 48.0 Å². The third-order valence-electron chi connectivity index (χ3n) is 5.17. The third kappa shape index (κ3) is 4.01. The molecule has 0 radical (unpaired) electrons. The molecule has 2 aliphatic rings. The van der Waals surface area contributed by atoms with Crippen molar-refractivity contribution in [2.45, 2.75) is 71.2 Å². The lowest BCUT2D eigenvalue weighted by atomic mass is 9.75. The molecule has 0 amide bonds. The van der Waals surface area contributed by atoms with Crippen LogP contribution in [0.3, 0.4) is 0 Å². The number of carbonyl (C=O) groups excluding carboxylic acids is 1. The van der Waals surface area contributed by atoms with Gasteiger partial charge in [0.1, 0.15) is 6.61 Å². The van der Waals surface area contributed by atoms with Crippen LogP contribution in [-0.4, -0.2) is 54.1 Å². The van der Waals surface area contributed by atoms with Gasteiger partial charge in [-0.25, -0.2) is 0 Å². The van der Waals surface area contributed by atoms with Gasteiger partial charge < -0.3 is 14.2 Å². The summed E-state index contributed by atoms with van der Waals surface area (Å²) in [7, 11) is 0. The molecule has 0 aromatic heterocycles. The van der Waals surface area contributed by atoms with E-state index >= 15 is 0 Å². The summed E-state index contributed by atoms with van der Waals surface area (Å²) in [5, 5.41) is 0. The molecule has 5 nitrogen and oxygen atoms in total. The monoisotopic (exact) mass is 339 g/mol. The fraction of sp³-hybridized carbons (Fsp3) is 0.842. The second-order valence-corrected chi connectivity index (χ2v) is 8.96. The number of likely N-dealkylation sites (tertiary alicyclic amines) is 1. The summed E-state index contributed by atoms with van der Waals surface area (Å²) in [5.41, 5.74) is -0.400. The average molecular weight is 339 g/mol. The fourth-order valence-electron chi connectivity index (χ4n) is 4.27. The van der Waals surface area contributed by atoms with Crippen LogP contribution in [0.4, 0.5) is 0 Å². The van der Waals surface area contributed by atoms with E-state index in [1.54, 1.807) is 0 Å². The van der Waals surface area contributed by atoms with Crippen LogP contribution in [0.1, 0.15) is 54.4 Å². The summed E-state index contributed by atoms with van der Waals surface area (Å²) in [6.07, 6.45) is 3.57. The summed E-state index contributed by atoms with van der Waals surface area (Å²) < 4.78 is 17.7. The Kier molecular flexibility index (Phi) is 5.20. The van der Waals surface area contributed by atoms with Gasteiger partial charge in [0.05, 0.1) is 13.2 Å². The highest BCUT2D eigenvalue weighted by molar-refractivity contribution is 5.65. The molecule has 5 heteroatoms. The second-order valence-electron chi connectivity index (χ2n) is 8.96. The molecule has 0 unspecified atom stereocenters. The van der Waals surface area contributed by atoms with Gasteiger partial charge in [-0.1, -0.05) is 13.0 Å². The number of nitrogens with zero attached hydrogens (tertiary/aromatic N) is 1. The van der Waals surface area contributed by atoms with Crippen LogP contribution in [0.2, 0.25) is 0 Å². The lowest BCUT2D eigenvalue weighted by Crippen LogP contribution is -2.68. The van der Waals surface area contributed by atoms with E-state index in [1.807, 2.05) is 13.0 Å². The summed E-state index contributed by atoms with van der Waals surface area (Å²) in [6, 6.07) is 0. The largest absolute Gasteiger partial charge is 0.465 e. The van der Waals surface area contributed by atoms with Crippen molar-refractivity contribution in [3.63, 3.8) is 0 Å². The first-order chi connectivity index (χ1) is 10.9. The van der Waals surface area contributed by atoms with Crippen molar-refractivity contribution in [1.82, 2.24) is 4.90 Å². The molecule has 2 fully saturated rings. The fourth-order valence-corrected chi connectivity index (χ4v) is 4.27. The maximum absolute atomic E-state index is 11.1. The first-order valence-corrected chi connectivity index (χ1v) is 8.74. The van der Waals surface area contributed by atoms with Gasteiger partial charge in [0.2, 0.25) is 0 Å². The molecular formula is C19H33NO4. The van der Waals surface area contributed by atoms with E-state index in [2.05, 4.69) is 39.2 Å². The van der Waals surface area contributed by atoms with Crippen molar-refractivity contribution < 1.29 is 19.0 Å². The molecule has 2 aliphatic heterocycles. The Hall–Kier alpha value is -0.910. The number of carbonyl (C=O) groups is 1. The predicted octanol–water partition coefficient (Wildman–Crippen LogP) is 3.14. The molecule has 2 rings (SSSR count). The van der Waals surface area contributed by atoms with E-state index in [4.69, 9.17) is 14.2 Å². The summed E-state index contributed by atoms with van der Waals surface area (Å²) in [5.74, 6) is -0.836. The molecule has 0 saturated carbocycles. The standard InChI is InChI=1S/C19H33NO4/c1-8-9-20-16(3,4)10-19(11-17(20,5)6)23-13-18(7,14-24-19)12-22-15(2)21/h8H,1,9-14H2,2-7H3. The van der Waals surface area contributed by atoms with Crippen LogP contribution in [0.5, 0.6) is 0 Å². The molecule has 2 heterocycles. The maximum Gasteiger partial charge on any atom is 0.302 e. The molecule has 24 heavy (non-hydrogen) atoms. The maximum atomic E-state index is 11.1. The van der Waals surface area contributed by atoms with E-state index in [-0.39, 0.29) is 22.5 Å². The zero-order chi connectivity index (χ0) is 18.2. The van der Waals surface area contributed by atoms with E-state index in [0.29, 0.717) is 19.8 Å². The van der Waals surface area contributed by atoms with Crippen LogP contribution >= 0.6 is 0 Å². The van der Waals surface area contributed by atoms with E-state index in [9.17, 15) is 4.79 Å². The van der Waals surface area contributed by atoms with Crippen molar-refractivity contribution in [3.05, 3.63) is 12.7 Å². The summed E-state index contributed by atoms with van der Waals surface area (Å²) in [4.78, 5) is 13.5. The van der Waals surface area contributed by atoms with Gasteiger partial charge in [0, 0.05) is 42.8 Å². The number of hydrogen-bond acceptors (Lipinski definition) is 5. The molecule has 0 aromatic carbocycles. The Morgan fingerprint density at radius 3 is 2.04 bits per heavy atom. The zero-order valence-electron chi connectivity index (χ0n) is 16.1. The van der Waals surface area contributed by atoms with Crippen molar-refractivity contribution in [1.29, 1.82) is 0 Å². The van der Waals surface area contributed by atoms with Gasteiger partial charge in [-0.2, -0.15) is 0 Å². The minimum absolute atomic E-state index is 0.0560. The van der Waals surface area contributed by atoms with Gasteiger partial charge in [0.15, 0.2) is 5.79 Å². The highest BCUT2D eigenvalue weighted by Crippen LogP contribution is 2.48. The molecule has 1 spiro atoms. The molecule has 0 aliphatic carbocycles. The van der Waals surface area contributed by atoms with Gasteiger partial charge in [-0.15, -0.1) is 6.58 Å². The Bertz CT molecular complexity index is 470. The third-order valence-corrected chi connectivity index (χ3v) is 5.17. The first-order valence-electron chi connectivity index (χ1n) is 8.74. The van der Waals surface area contributed by atoms with Crippen molar-refractivity contribution in [3.8, 4) is 0 Å². The van der Waals surface area contributed by atoms with Crippen molar-refractivity contribution in [2.24, 2.45) is 5.41 Å². The summed E-state index contributed by atoms with van der Waals surface area (Å²) >= 11 is 0. The first kappa shape index (κ1) is 19.4. The molecule has 2 saturated heterocycles. The SMILES string of the molecule is C=CCN1C(C)(C)CC2(CC1(C)C)OCC(C)(COC(C)=O)CO2. The van der Waals surface area contributed by atoms with Crippen LogP contribution in [0, 0.1) is 5.41 Å². The predicted molar refractivity (Wildman–Crippen MR) is 93.7 cm³/mol. The molecule has 0 bridgehead atoms. The quantitative estimate of drug-likeness (QED) is 0.582. The molecular weight excluding hydrogens is 306 g/mol. The van der Waals surface area contributed by atoms with Crippen LogP contribution in [0.15, 0.2) is 12.7 Å². The second kappa shape index (κ2) is 6.43. The molecule has 0 aromatic rings. The van der Waals surface area contributed by atoms with E-state index in [1.165, 1.54) is 6.92 Å². The highest BCUT2D eigenvalue weighted by Gasteiger charge is 2.56. The average Bonchev–Trinajstić information content (AvgIpc) is 2.44. The molecule has 0 N–H and O–H groups in total. The number of piperidine rings is 1. The van der Waals surface area contributed by atoms with Crippen LogP contribution in [0.25, 0.3) is 0 Å². The van der Waals surface area contributed by atoms with Gasteiger partial charge in [0.25, 0.3) is 0 Å². The van der Waals surface area contributed by atoms with Crippen LogP contribution in [-0.2, 0) is 19.0 Å². The highest BCUT2D eigenvalue weighted by atomic mass is 16.7. The van der Waals surface area contributed by atoms with Crippen molar-refractivity contribution in [2.75, 3.05) is 26.4 Å². The van der Waals surface area contributed by atoms with Gasteiger partial charge in [-0.3, -0.25) is 9.69 Å². The lowest BCUT2D eigenvalue weighted by Gasteiger charge is -2.60. The minimum atomic E-state index is -0.569. The van der Waals surface area contributed by atoms with E-state index in [0.717, 1.165) is 19.4 Å². The summed E-state index contributed by atoms with van der Waals surface area (Å²) in [6.45, 7) is 18.5. The zero-order valence-corrected chi connectivity index (χ0v) is 16.1. The molecule has 138 valence electrons. The molecule has 0 atom stereocenters. The van der Waals surface area contributed by atoms with E-state index < -0.39 is 5.79 Å². The Morgan fingerprint density at radius 1 is 1.12 bits per heavy atom. The number of ether oxygens (including phenoxy) is 3. The van der Waals surface area contributed by atoms with Crippen molar-refractivity contribution >= 4 is 5.97 Å². The van der Waals surface area contributed by atoms with Crippen LogP contribution < -0.4 is 0 Å². The Labute approximate surface area is 146 Å².